The van der Waals surface area contributed by atoms with Crippen LogP contribution >= 0.6 is 0 Å². The SMILES string of the molecule is CC[C@H](C)c1ccccc1OC[C@@H](O)C[NH+]1CCCCC1. The Labute approximate surface area is 128 Å². The number of likely N-dealkylation sites (tertiary alicyclic amines) is 1. The summed E-state index contributed by atoms with van der Waals surface area (Å²) >= 11 is 0. The summed E-state index contributed by atoms with van der Waals surface area (Å²) in [5, 5.41) is 10.2. The standard InChI is InChI=1S/C18H29NO2/c1-3-15(2)17-9-5-6-10-18(17)21-14-16(20)13-19-11-7-4-8-12-19/h5-6,9-10,15-16,20H,3-4,7-8,11-14H2,1-2H3/p+1/t15-,16-/m0/s1. The van der Waals surface area contributed by atoms with Crippen molar-refractivity contribution in [3.8, 4) is 5.75 Å². The Morgan fingerprint density at radius 2 is 1.90 bits per heavy atom. The summed E-state index contributed by atoms with van der Waals surface area (Å²) in [6.07, 6.45) is 4.65. The summed E-state index contributed by atoms with van der Waals surface area (Å²) in [6.45, 7) is 8.01. The maximum absolute atomic E-state index is 10.2. The van der Waals surface area contributed by atoms with E-state index in [2.05, 4.69) is 26.0 Å². The number of aliphatic hydroxyl groups excluding tert-OH is 1. The minimum atomic E-state index is -0.372. The van der Waals surface area contributed by atoms with Gasteiger partial charge >= 0.3 is 0 Å². The molecule has 2 rings (SSSR count). The molecule has 1 saturated heterocycles. The smallest absolute Gasteiger partial charge is 0.137 e. The molecule has 1 aromatic rings. The quantitative estimate of drug-likeness (QED) is 0.806. The predicted octanol–water partition coefficient (Wildman–Crippen LogP) is 2.01. The van der Waals surface area contributed by atoms with Crippen LogP contribution in [0.5, 0.6) is 5.75 Å². The van der Waals surface area contributed by atoms with Gasteiger partial charge in [0, 0.05) is 0 Å². The van der Waals surface area contributed by atoms with Crippen molar-refractivity contribution in [1.82, 2.24) is 0 Å². The molecule has 0 amide bonds. The second kappa shape index (κ2) is 8.40. The molecule has 0 radical (unpaired) electrons. The average molecular weight is 292 g/mol. The summed E-state index contributed by atoms with van der Waals surface area (Å²) in [5.41, 5.74) is 1.25. The molecule has 0 aromatic heterocycles. The first-order valence-electron chi connectivity index (χ1n) is 8.44. The largest absolute Gasteiger partial charge is 0.490 e. The van der Waals surface area contributed by atoms with Crippen LogP contribution in [0, 0.1) is 0 Å². The Balaban J connectivity index is 1.84. The van der Waals surface area contributed by atoms with E-state index in [-0.39, 0.29) is 6.10 Å². The zero-order valence-corrected chi connectivity index (χ0v) is 13.5. The fourth-order valence-corrected chi connectivity index (χ4v) is 3.07. The van der Waals surface area contributed by atoms with Gasteiger partial charge in [-0.25, -0.2) is 0 Å². The second-order valence-corrected chi connectivity index (χ2v) is 6.33. The number of nitrogens with one attached hydrogen (secondary N) is 1. The zero-order valence-electron chi connectivity index (χ0n) is 13.5. The molecule has 118 valence electrons. The highest BCUT2D eigenvalue weighted by Gasteiger charge is 2.19. The number of ether oxygens (including phenoxy) is 1. The Hall–Kier alpha value is -1.06. The second-order valence-electron chi connectivity index (χ2n) is 6.33. The first kappa shape index (κ1) is 16.3. The van der Waals surface area contributed by atoms with Gasteiger partial charge in [0.1, 0.15) is 25.0 Å². The van der Waals surface area contributed by atoms with E-state index < -0.39 is 0 Å². The summed E-state index contributed by atoms with van der Waals surface area (Å²) in [7, 11) is 0. The first-order chi connectivity index (χ1) is 10.2. The van der Waals surface area contributed by atoms with Gasteiger partial charge in [-0.05, 0) is 43.2 Å². The number of hydrogen-bond acceptors (Lipinski definition) is 2. The van der Waals surface area contributed by atoms with Gasteiger partial charge in [0.05, 0.1) is 13.1 Å². The number of para-hydroxylation sites is 1. The molecule has 2 N–H and O–H groups in total. The van der Waals surface area contributed by atoms with Crippen molar-refractivity contribution in [3.63, 3.8) is 0 Å². The van der Waals surface area contributed by atoms with Crippen molar-refractivity contribution in [1.29, 1.82) is 0 Å². The lowest BCUT2D eigenvalue weighted by atomic mass is 9.98. The highest BCUT2D eigenvalue weighted by Crippen LogP contribution is 2.28. The van der Waals surface area contributed by atoms with Gasteiger partial charge < -0.3 is 14.7 Å². The van der Waals surface area contributed by atoms with E-state index in [1.165, 1.54) is 42.8 Å². The lowest BCUT2D eigenvalue weighted by Crippen LogP contribution is -3.14. The van der Waals surface area contributed by atoms with Crippen LogP contribution in [-0.4, -0.2) is 37.5 Å². The monoisotopic (exact) mass is 292 g/mol. The van der Waals surface area contributed by atoms with Crippen molar-refractivity contribution in [2.45, 2.75) is 51.6 Å². The van der Waals surface area contributed by atoms with Gasteiger partial charge in [0.2, 0.25) is 0 Å². The number of benzene rings is 1. The van der Waals surface area contributed by atoms with Gasteiger partial charge in [-0.3, -0.25) is 0 Å². The normalized spacial score (nSPS) is 19.2. The zero-order chi connectivity index (χ0) is 15.1. The van der Waals surface area contributed by atoms with Crippen LogP contribution in [0.4, 0.5) is 0 Å². The fraction of sp³-hybridized carbons (Fsp3) is 0.667. The Morgan fingerprint density at radius 3 is 2.62 bits per heavy atom. The summed E-state index contributed by atoms with van der Waals surface area (Å²) < 4.78 is 5.90. The number of hydrogen-bond donors (Lipinski definition) is 2. The van der Waals surface area contributed by atoms with Crippen molar-refractivity contribution in [3.05, 3.63) is 29.8 Å². The highest BCUT2D eigenvalue weighted by molar-refractivity contribution is 5.35. The van der Waals surface area contributed by atoms with E-state index >= 15 is 0 Å². The molecule has 1 aliphatic heterocycles. The lowest BCUT2D eigenvalue weighted by Gasteiger charge is -2.26. The van der Waals surface area contributed by atoms with E-state index in [0.717, 1.165) is 18.7 Å². The lowest BCUT2D eigenvalue weighted by molar-refractivity contribution is -0.908. The molecule has 1 fully saturated rings. The number of piperidine rings is 1. The van der Waals surface area contributed by atoms with Gasteiger partial charge in [0.25, 0.3) is 0 Å². The number of rotatable bonds is 7. The third-order valence-electron chi connectivity index (χ3n) is 4.58. The fourth-order valence-electron chi connectivity index (χ4n) is 3.07. The number of aliphatic hydroxyl groups is 1. The van der Waals surface area contributed by atoms with E-state index in [9.17, 15) is 5.11 Å². The molecule has 0 unspecified atom stereocenters. The minimum Gasteiger partial charge on any atom is -0.490 e. The summed E-state index contributed by atoms with van der Waals surface area (Å²) in [5.74, 6) is 1.42. The average Bonchev–Trinajstić information content (AvgIpc) is 2.53. The molecule has 0 spiro atoms. The topological polar surface area (TPSA) is 33.9 Å². The van der Waals surface area contributed by atoms with E-state index in [0.29, 0.717) is 12.5 Å². The van der Waals surface area contributed by atoms with Gasteiger partial charge in [-0.2, -0.15) is 0 Å². The predicted molar refractivity (Wildman–Crippen MR) is 86.1 cm³/mol. The van der Waals surface area contributed by atoms with E-state index in [4.69, 9.17) is 4.74 Å². The van der Waals surface area contributed by atoms with Gasteiger partial charge in [0.15, 0.2) is 0 Å². The molecule has 0 saturated carbocycles. The number of quaternary nitrogens is 1. The molecule has 21 heavy (non-hydrogen) atoms. The van der Waals surface area contributed by atoms with Crippen molar-refractivity contribution < 1.29 is 14.7 Å². The summed E-state index contributed by atoms with van der Waals surface area (Å²) in [4.78, 5) is 1.52. The molecular weight excluding hydrogens is 262 g/mol. The van der Waals surface area contributed by atoms with Crippen LogP contribution < -0.4 is 9.64 Å². The summed E-state index contributed by atoms with van der Waals surface area (Å²) in [6, 6.07) is 8.21. The Bertz CT molecular complexity index is 415. The minimum absolute atomic E-state index is 0.372. The molecular formula is C18H30NO2+. The van der Waals surface area contributed by atoms with E-state index in [1.54, 1.807) is 0 Å². The Kier molecular flexibility index (Phi) is 6.52. The molecule has 0 bridgehead atoms. The van der Waals surface area contributed by atoms with Crippen molar-refractivity contribution in [2.24, 2.45) is 0 Å². The molecule has 2 atom stereocenters. The Morgan fingerprint density at radius 1 is 1.19 bits per heavy atom. The maximum atomic E-state index is 10.2. The third kappa shape index (κ3) is 5.01. The van der Waals surface area contributed by atoms with Crippen LogP contribution in [0.15, 0.2) is 24.3 Å². The maximum Gasteiger partial charge on any atom is 0.137 e. The molecule has 3 heteroatoms. The molecule has 1 heterocycles. The van der Waals surface area contributed by atoms with Crippen LogP contribution in [0.2, 0.25) is 0 Å². The molecule has 0 aliphatic carbocycles. The van der Waals surface area contributed by atoms with Crippen LogP contribution in [-0.2, 0) is 0 Å². The molecule has 3 nitrogen and oxygen atoms in total. The van der Waals surface area contributed by atoms with Gasteiger partial charge in [-0.15, -0.1) is 0 Å². The van der Waals surface area contributed by atoms with E-state index in [1.807, 2.05) is 12.1 Å². The van der Waals surface area contributed by atoms with Crippen LogP contribution in [0.3, 0.4) is 0 Å². The van der Waals surface area contributed by atoms with Crippen molar-refractivity contribution >= 4 is 0 Å². The van der Waals surface area contributed by atoms with Gasteiger partial charge in [-0.1, -0.05) is 32.0 Å². The third-order valence-corrected chi connectivity index (χ3v) is 4.58. The van der Waals surface area contributed by atoms with Crippen LogP contribution in [0.25, 0.3) is 0 Å². The molecule has 1 aromatic carbocycles. The molecule has 1 aliphatic rings. The first-order valence-corrected chi connectivity index (χ1v) is 8.44. The van der Waals surface area contributed by atoms with Crippen molar-refractivity contribution in [2.75, 3.05) is 26.2 Å². The highest BCUT2D eigenvalue weighted by atomic mass is 16.5. The van der Waals surface area contributed by atoms with Crippen LogP contribution in [0.1, 0.15) is 51.0 Å².